The van der Waals surface area contributed by atoms with Crippen molar-refractivity contribution < 1.29 is 18.0 Å². The van der Waals surface area contributed by atoms with E-state index in [4.69, 9.17) is 0 Å². The zero-order valence-corrected chi connectivity index (χ0v) is 22.9. The molecule has 7 nitrogen and oxygen atoms in total. The van der Waals surface area contributed by atoms with Gasteiger partial charge in [0.25, 0.3) is 0 Å². The van der Waals surface area contributed by atoms with Crippen LogP contribution < -0.4 is 9.62 Å². The minimum atomic E-state index is -3.75. The molecule has 0 radical (unpaired) electrons. The highest BCUT2D eigenvalue weighted by atomic mass is 32.2. The number of rotatable bonds is 9. The Bertz CT molecular complexity index is 1140. The lowest BCUT2D eigenvalue weighted by atomic mass is 9.87. The third-order valence-electron chi connectivity index (χ3n) is 5.73. The van der Waals surface area contributed by atoms with Gasteiger partial charge in [0.2, 0.25) is 21.8 Å². The number of sulfonamides is 1. The number of hydrogen-bond acceptors (Lipinski definition) is 4. The predicted molar refractivity (Wildman–Crippen MR) is 142 cm³/mol. The van der Waals surface area contributed by atoms with Crippen LogP contribution in [-0.4, -0.2) is 50.0 Å². The second-order valence-electron chi connectivity index (χ2n) is 10.4. The maximum atomic E-state index is 13.6. The Morgan fingerprint density at radius 3 is 2.09 bits per heavy atom. The van der Waals surface area contributed by atoms with Gasteiger partial charge in [0, 0.05) is 12.6 Å². The lowest BCUT2D eigenvalue weighted by molar-refractivity contribution is -0.139. The summed E-state index contributed by atoms with van der Waals surface area (Å²) in [7, 11) is -3.75. The monoisotopic (exact) mass is 501 g/mol. The second-order valence-corrected chi connectivity index (χ2v) is 12.3. The molecule has 2 aromatic rings. The number of anilines is 1. The molecule has 0 aromatic heterocycles. The van der Waals surface area contributed by atoms with E-state index in [9.17, 15) is 18.0 Å². The van der Waals surface area contributed by atoms with Crippen molar-refractivity contribution in [3.63, 3.8) is 0 Å². The summed E-state index contributed by atoms with van der Waals surface area (Å²) in [6.07, 6.45) is 1.08. The van der Waals surface area contributed by atoms with E-state index in [1.54, 1.807) is 19.1 Å². The number of nitrogens with zero attached hydrogens (tertiary/aromatic N) is 2. The Balaban J connectivity index is 2.40. The lowest BCUT2D eigenvalue weighted by Crippen LogP contribution is -2.52. The highest BCUT2D eigenvalue weighted by Gasteiger charge is 2.30. The van der Waals surface area contributed by atoms with E-state index in [1.165, 1.54) is 4.90 Å². The summed E-state index contributed by atoms with van der Waals surface area (Å²) < 4.78 is 26.5. The standard InChI is InChI=1S/C27H39N3O4S/c1-19(2)28-26(32)21(4)29(17-22-11-9-10-20(3)16-22)25(31)18-30(35(8,33)34)24-14-12-23(13-15-24)27(5,6)7/h9-16,19,21H,17-18H2,1-8H3,(H,28,32)/t21-/m1/s1. The van der Waals surface area contributed by atoms with Crippen LogP contribution in [0.3, 0.4) is 0 Å². The summed E-state index contributed by atoms with van der Waals surface area (Å²) in [5.41, 5.74) is 3.27. The van der Waals surface area contributed by atoms with E-state index in [2.05, 4.69) is 26.1 Å². The van der Waals surface area contributed by atoms with Crippen molar-refractivity contribution in [2.75, 3.05) is 17.1 Å². The first-order valence-electron chi connectivity index (χ1n) is 11.8. The van der Waals surface area contributed by atoms with Gasteiger partial charge in [-0.3, -0.25) is 13.9 Å². The van der Waals surface area contributed by atoms with Gasteiger partial charge in [-0.2, -0.15) is 0 Å². The molecular weight excluding hydrogens is 462 g/mol. The number of hydrogen-bond donors (Lipinski definition) is 1. The smallest absolute Gasteiger partial charge is 0.244 e. The number of amides is 2. The third-order valence-corrected chi connectivity index (χ3v) is 6.87. The first-order valence-corrected chi connectivity index (χ1v) is 13.7. The fraction of sp³-hybridized carbons (Fsp3) is 0.481. The molecular formula is C27H39N3O4S. The molecule has 0 spiro atoms. The van der Waals surface area contributed by atoms with Crippen LogP contribution in [0, 0.1) is 6.92 Å². The van der Waals surface area contributed by atoms with Crippen molar-refractivity contribution in [2.45, 2.75) is 72.5 Å². The van der Waals surface area contributed by atoms with Crippen LogP contribution >= 0.6 is 0 Å². The topological polar surface area (TPSA) is 86.8 Å². The van der Waals surface area contributed by atoms with Crippen molar-refractivity contribution in [3.8, 4) is 0 Å². The SMILES string of the molecule is Cc1cccc(CN(C(=O)CN(c2ccc(C(C)(C)C)cc2)S(C)(=O)=O)[C@H](C)C(=O)NC(C)C)c1. The quantitative estimate of drug-likeness (QED) is 0.563. The van der Waals surface area contributed by atoms with E-state index < -0.39 is 28.5 Å². The van der Waals surface area contributed by atoms with Gasteiger partial charge in [-0.15, -0.1) is 0 Å². The van der Waals surface area contributed by atoms with Crippen molar-refractivity contribution in [3.05, 3.63) is 65.2 Å². The van der Waals surface area contributed by atoms with E-state index >= 15 is 0 Å². The number of carbonyl (C=O) groups excluding carboxylic acids is 2. The maximum Gasteiger partial charge on any atom is 0.244 e. The van der Waals surface area contributed by atoms with Crippen LogP contribution in [0.1, 0.15) is 58.2 Å². The Hall–Kier alpha value is -2.87. The molecule has 0 heterocycles. The summed E-state index contributed by atoms with van der Waals surface area (Å²) in [5.74, 6) is -0.746. The van der Waals surface area contributed by atoms with E-state index in [1.807, 2.05) is 57.2 Å². The van der Waals surface area contributed by atoms with Crippen LogP contribution in [0.2, 0.25) is 0 Å². The molecule has 0 bridgehead atoms. The minimum Gasteiger partial charge on any atom is -0.352 e. The normalized spacial score (nSPS) is 12.8. The van der Waals surface area contributed by atoms with Crippen molar-refractivity contribution >= 4 is 27.5 Å². The summed E-state index contributed by atoms with van der Waals surface area (Å²) in [6.45, 7) is 13.3. The number of nitrogens with one attached hydrogen (secondary N) is 1. The molecule has 1 N–H and O–H groups in total. The predicted octanol–water partition coefficient (Wildman–Crippen LogP) is 4.00. The summed E-state index contributed by atoms with van der Waals surface area (Å²) >= 11 is 0. The molecule has 2 aromatic carbocycles. The molecule has 0 aliphatic heterocycles. The van der Waals surface area contributed by atoms with Crippen molar-refractivity contribution in [1.82, 2.24) is 10.2 Å². The van der Waals surface area contributed by atoms with Crippen LogP contribution in [0.4, 0.5) is 5.69 Å². The molecule has 0 saturated heterocycles. The van der Waals surface area contributed by atoms with Gasteiger partial charge in [0.1, 0.15) is 12.6 Å². The molecule has 0 aliphatic carbocycles. The molecule has 1 atom stereocenters. The Morgan fingerprint density at radius 2 is 1.60 bits per heavy atom. The molecule has 192 valence electrons. The van der Waals surface area contributed by atoms with E-state index in [0.717, 1.165) is 27.3 Å². The Morgan fingerprint density at radius 1 is 1.00 bits per heavy atom. The lowest BCUT2D eigenvalue weighted by Gasteiger charge is -2.32. The number of benzene rings is 2. The third kappa shape index (κ3) is 8.09. The zero-order valence-electron chi connectivity index (χ0n) is 22.1. The van der Waals surface area contributed by atoms with E-state index in [0.29, 0.717) is 5.69 Å². The second kappa shape index (κ2) is 11.2. The molecule has 0 saturated carbocycles. The van der Waals surface area contributed by atoms with E-state index in [-0.39, 0.29) is 23.9 Å². The highest BCUT2D eigenvalue weighted by molar-refractivity contribution is 7.92. The van der Waals surface area contributed by atoms with Gasteiger partial charge in [-0.1, -0.05) is 62.7 Å². The van der Waals surface area contributed by atoms with Crippen LogP contribution in [0.15, 0.2) is 48.5 Å². The zero-order chi connectivity index (χ0) is 26.6. The van der Waals surface area contributed by atoms with Gasteiger partial charge < -0.3 is 10.2 Å². The number of carbonyl (C=O) groups is 2. The summed E-state index contributed by atoms with van der Waals surface area (Å²) in [4.78, 5) is 27.8. The van der Waals surface area contributed by atoms with Crippen LogP contribution in [0.5, 0.6) is 0 Å². The first-order chi connectivity index (χ1) is 16.1. The minimum absolute atomic E-state index is 0.0882. The molecule has 2 rings (SSSR count). The van der Waals surface area contributed by atoms with Gasteiger partial charge in [-0.25, -0.2) is 8.42 Å². The number of aryl methyl sites for hydroxylation is 1. The average molecular weight is 502 g/mol. The molecule has 35 heavy (non-hydrogen) atoms. The largest absolute Gasteiger partial charge is 0.352 e. The summed E-state index contributed by atoms with van der Waals surface area (Å²) in [6, 6.07) is 14.0. The van der Waals surface area contributed by atoms with Gasteiger partial charge in [0.15, 0.2) is 0 Å². The van der Waals surface area contributed by atoms with Crippen LogP contribution in [-0.2, 0) is 31.6 Å². The van der Waals surface area contributed by atoms with Crippen molar-refractivity contribution in [1.29, 1.82) is 0 Å². The van der Waals surface area contributed by atoms with Gasteiger partial charge >= 0.3 is 0 Å². The maximum absolute atomic E-state index is 13.6. The average Bonchev–Trinajstić information content (AvgIpc) is 2.73. The molecule has 2 amide bonds. The molecule has 0 fully saturated rings. The Kier molecular flexibility index (Phi) is 9.11. The first kappa shape index (κ1) is 28.4. The van der Waals surface area contributed by atoms with Crippen molar-refractivity contribution in [2.24, 2.45) is 0 Å². The van der Waals surface area contributed by atoms with Crippen LogP contribution in [0.25, 0.3) is 0 Å². The molecule has 8 heteroatoms. The molecule has 0 aliphatic rings. The fourth-order valence-corrected chi connectivity index (χ4v) is 4.59. The summed E-state index contributed by atoms with van der Waals surface area (Å²) in [5, 5.41) is 2.85. The Labute approximate surface area is 210 Å². The molecule has 0 unspecified atom stereocenters. The fourth-order valence-electron chi connectivity index (χ4n) is 3.74. The highest BCUT2D eigenvalue weighted by Crippen LogP contribution is 2.26. The van der Waals surface area contributed by atoms with Gasteiger partial charge in [-0.05, 0) is 56.4 Å². The van der Waals surface area contributed by atoms with Gasteiger partial charge in [0.05, 0.1) is 11.9 Å².